The minimum atomic E-state index is -3.78. The van der Waals surface area contributed by atoms with Crippen LogP contribution < -0.4 is 14.9 Å². The van der Waals surface area contributed by atoms with E-state index in [0.29, 0.717) is 47.8 Å². The number of anilines is 1. The van der Waals surface area contributed by atoms with Crippen LogP contribution in [0.15, 0.2) is 23.2 Å². The van der Waals surface area contributed by atoms with Gasteiger partial charge >= 0.3 is 0 Å². The fourth-order valence-electron chi connectivity index (χ4n) is 4.95. The number of methoxy groups -OCH3 is 1. The van der Waals surface area contributed by atoms with E-state index >= 15 is 0 Å². The molecule has 12 heteroatoms. The molecular formula is C24H34N8O3S. The van der Waals surface area contributed by atoms with Gasteiger partial charge in [-0.15, -0.1) is 5.10 Å². The summed E-state index contributed by atoms with van der Waals surface area (Å²) >= 11 is 0. The third kappa shape index (κ3) is 4.95. The van der Waals surface area contributed by atoms with Crippen LogP contribution in [0.5, 0.6) is 0 Å². The summed E-state index contributed by atoms with van der Waals surface area (Å²) in [4.78, 5) is 11.9. The van der Waals surface area contributed by atoms with Crippen molar-refractivity contribution in [3.05, 3.63) is 24.2 Å². The van der Waals surface area contributed by atoms with Crippen molar-refractivity contribution in [1.29, 1.82) is 0 Å². The maximum atomic E-state index is 13.5. The van der Waals surface area contributed by atoms with Gasteiger partial charge in [0, 0.05) is 49.8 Å². The molecule has 5 rings (SSSR count). The van der Waals surface area contributed by atoms with Crippen molar-refractivity contribution in [3.8, 4) is 11.4 Å². The molecule has 0 radical (unpaired) electrons. The Bertz CT molecular complexity index is 1410. The van der Waals surface area contributed by atoms with Crippen LogP contribution >= 0.6 is 0 Å². The number of rotatable bonds is 7. The summed E-state index contributed by atoms with van der Waals surface area (Å²) in [5, 5.41) is 12.6. The highest BCUT2D eigenvalue weighted by Gasteiger charge is 2.42. The van der Waals surface area contributed by atoms with Crippen molar-refractivity contribution < 1.29 is 13.2 Å². The van der Waals surface area contributed by atoms with Gasteiger partial charge in [-0.05, 0) is 52.7 Å². The van der Waals surface area contributed by atoms with Crippen molar-refractivity contribution >= 4 is 26.6 Å². The summed E-state index contributed by atoms with van der Waals surface area (Å²) < 4.78 is 37.0. The van der Waals surface area contributed by atoms with Gasteiger partial charge in [0.15, 0.2) is 0 Å². The highest BCUT2D eigenvalue weighted by molar-refractivity contribution is 7.89. The molecule has 1 aliphatic carbocycles. The first-order valence-electron chi connectivity index (χ1n) is 12.1. The van der Waals surface area contributed by atoms with Gasteiger partial charge in [-0.3, -0.25) is 4.68 Å². The summed E-state index contributed by atoms with van der Waals surface area (Å²) in [6.07, 6.45) is 3.42. The molecule has 0 bridgehead atoms. The average molecular weight is 515 g/mol. The number of hydrogen-bond donors (Lipinski definition) is 2. The third-order valence-electron chi connectivity index (χ3n) is 6.73. The molecule has 194 valence electrons. The predicted molar refractivity (Wildman–Crippen MR) is 137 cm³/mol. The van der Waals surface area contributed by atoms with E-state index in [1.807, 2.05) is 13.8 Å². The smallest absolute Gasteiger partial charge is 0.241 e. The second kappa shape index (κ2) is 8.72. The molecule has 3 heterocycles. The number of nitrogens with zero attached hydrogens (tertiary/aromatic N) is 6. The van der Waals surface area contributed by atoms with E-state index in [4.69, 9.17) is 9.72 Å². The van der Waals surface area contributed by atoms with Gasteiger partial charge in [-0.2, -0.15) is 0 Å². The van der Waals surface area contributed by atoms with Crippen LogP contribution in [0.4, 0.5) is 5.69 Å². The van der Waals surface area contributed by atoms with Crippen molar-refractivity contribution in [2.75, 3.05) is 31.7 Å². The van der Waals surface area contributed by atoms with Crippen LogP contribution in [0.3, 0.4) is 0 Å². The van der Waals surface area contributed by atoms with E-state index in [9.17, 15) is 8.42 Å². The first-order valence-corrected chi connectivity index (χ1v) is 13.6. The van der Waals surface area contributed by atoms with E-state index < -0.39 is 15.6 Å². The summed E-state index contributed by atoms with van der Waals surface area (Å²) in [5.74, 6) is 0.575. The molecule has 2 aromatic heterocycles. The Labute approximate surface area is 211 Å². The summed E-state index contributed by atoms with van der Waals surface area (Å²) in [5.41, 5.74) is 1.94. The maximum absolute atomic E-state index is 13.5. The Morgan fingerprint density at radius 1 is 1.22 bits per heavy atom. The van der Waals surface area contributed by atoms with Crippen LogP contribution in [-0.2, 0) is 21.8 Å². The molecule has 11 nitrogen and oxygen atoms in total. The Hall–Kier alpha value is -2.67. The van der Waals surface area contributed by atoms with E-state index in [0.717, 1.165) is 18.5 Å². The van der Waals surface area contributed by atoms with Crippen molar-refractivity contribution in [2.45, 2.75) is 62.6 Å². The number of aryl methyl sites for hydroxylation is 2. The number of ether oxygens (including phenoxy) is 1. The molecule has 1 unspecified atom stereocenters. The van der Waals surface area contributed by atoms with Crippen molar-refractivity contribution in [1.82, 2.24) is 35.0 Å². The second-order valence-electron chi connectivity index (χ2n) is 11.0. The lowest BCUT2D eigenvalue weighted by molar-refractivity contribution is 0.140. The van der Waals surface area contributed by atoms with Gasteiger partial charge in [0.2, 0.25) is 10.0 Å². The van der Waals surface area contributed by atoms with Gasteiger partial charge < -0.3 is 15.0 Å². The average Bonchev–Trinajstić information content (AvgIpc) is 3.32. The topological polar surface area (TPSA) is 127 Å². The van der Waals surface area contributed by atoms with Crippen LogP contribution in [-0.4, -0.2) is 77.3 Å². The van der Waals surface area contributed by atoms with E-state index in [2.05, 4.69) is 44.1 Å². The van der Waals surface area contributed by atoms with E-state index in [1.165, 1.54) is 0 Å². The lowest BCUT2D eigenvalue weighted by Gasteiger charge is -2.45. The summed E-state index contributed by atoms with van der Waals surface area (Å²) in [6.45, 7) is 9.87. The van der Waals surface area contributed by atoms with Crippen LogP contribution in [0, 0.1) is 6.92 Å². The quantitative estimate of drug-likeness (QED) is 0.485. The Kier molecular flexibility index (Phi) is 6.05. The SMILES string of the molecule is COCC1CN(c2cc(S(=O)(=O)NC3(C)CC3)cc3c(-c4cn(C)nn4)nc(C)nc23)CC(C)(C)N1. The van der Waals surface area contributed by atoms with Crippen molar-refractivity contribution in [2.24, 2.45) is 7.05 Å². The normalized spacial score (nSPS) is 21.2. The number of fused-ring (bicyclic) bond motifs is 1. The molecule has 1 saturated carbocycles. The Balaban J connectivity index is 1.73. The van der Waals surface area contributed by atoms with Crippen molar-refractivity contribution in [3.63, 3.8) is 0 Å². The molecule has 1 aromatic carbocycles. The zero-order chi connectivity index (χ0) is 25.9. The number of piperazine rings is 1. The maximum Gasteiger partial charge on any atom is 0.241 e. The molecule has 36 heavy (non-hydrogen) atoms. The summed E-state index contributed by atoms with van der Waals surface area (Å²) in [6, 6.07) is 3.48. The molecule has 3 aromatic rings. The number of aromatic nitrogens is 5. The molecule has 2 aliphatic rings. The first kappa shape index (κ1) is 25.0. The number of nitrogens with one attached hydrogen (secondary N) is 2. The van der Waals surface area contributed by atoms with E-state index in [-0.39, 0.29) is 16.5 Å². The molecule has 2 N–H and O–H groups in total. The molecule has 1 atom stereocenters. The van der Waals surface area contributed by atoms with Crippen LogP contribution in [0.1, 0.15) is 39.4 Å². The zero-order valence-electron chi connectivity index (χ0n) is 21.7. The highest BCUT2D eigenvalue weighted by atomic mass is 32.2. The standard InChI is InChI=1S/C24H34N8O3S/c1-15-25-21(19-12-31(5)30-28-19)18-9-17(36(33,34)29-24(4)7-8-24)10-20(22(18)26-15)32-11-16(13-35-6)27-23(2,3)14-32/h9-10,12,16,27,29H,7-8,11,13-14H2,1-6H3. The number of benzene rings is 1. The van der Waals surface area contributed by atoms with Crippen LogP contribution in [0.2, 0.25) is 0 Å². The molecule has 0 spiro atoms. The monoisotopic (exact) mass is 514 g/mol. The lowest BCUT2D eigenvalue weighted by atomic mass is 9.97. The van der Waals surface area contributed by atoms with E-state index in [1.54, 1.807) is 37.2 Å². The third-order valence-corrected chi connectivity index (χ3v) is 8.35. The zero-order valence-corrected chi connectivity index (χ0v) is 22.5. The van der Waals surface area contributed by atoms with Gasteiger partial charge in [0.05, 0.1) is 28.9 Å². The molecule has 2 fully saturated rings. The van der Waals surface area contributed by atoms with Gasteiger partial charge in [0.25, 0.3) is 0 Å². The second-order valence-corrected chi connectivity index (χ2v) is 12.6. The molecule has 1 saturated heterocycles. The summed E-state index contributed by atoms with van der Waals surface area (Å²) in [7, 11) is -0.309. The fourth-order valence-corrected chi connectivity index (χ4v) is 6.46. The fraction of sp³-hybridized carbons (Fsp3) is 0.583. The molecule has 0 amide bonds. The number of sulfonamides is 1. The van der Waals surface area contributed by atoms with Crippen LogP contribution in [0.25, 0.3) is 22.3 Å². The lowest BCUT2D eigenvalue weighted by Crippen LogP contribution is -2.63. The highest BCUT2D eigenvalue weighted by Crippen LogP contribution is 2.39. The first-order chi connectivity index (χ1) is 16.9. The largest absolute Gasteiger partial charge is 0.383 e. The molecule has 1 aliphatic heterocycles. The molecular weight excluding hydrogens is 480 g/mol. The Morgan fingerprint density at radius 2 is 1.97 bits per heavy atom. The number of hydrogen-bond acceptors (Lipinski definition) is 9. The van der Waals surface area contributed by atoms with Gasteiger partial charge in [0.1, 0.15) is 17.2 Å². The minimum Gasteiger partial charge on any atom is -0.383 e. The Morgan fingerprint density at radius 3 is 2.61 bits per heavy atom. The van der Waals surface area contributed by atoms with Gasteiger partial charge in [-0.25, -0.2) is 23.1 Å². The minimum absolute atomic E-state index is 0.0694. The van der Waals surface area contributed by atoms with Gasteiger partial charge in [-0.1, -0.05) is 5.21 Å². The predicted octanol–water partition coefficient (Wildman–Crippen LogP) is 1.77.